The summed E-state index contributed by atoms with van der Waals surface area (Å²) < 4.78 is 1.80. The van der Waals surface area contributed by atoms with E-state index in [0.717, 1.165) is 47.1 Å². The van der Waals surface area contributed by atoms with Gasteiger partial charge in [0.05, 0.1) is 6.20 Å². The van der Waals surface area contributed by atoms with Crippen LogP contribution in [0.4, 0.5) is 0 Å². The fraction of sp³-hybridized carbons (Fsp3) is 0.409. The topological polar surface area (TPSA) is 51.0 Å². The largest absolute Gasteiger partial charge is 0.300 e. The van der Waals surface area contributed by atoms with Crippen molar-refractivity contribution in [3.8, 4) is 11.1 Å². The van der Waals surface area contributed by atoms with Crippen molar-refractivity contribution in [2.24, 2.45) is 13.0 Å². The van der Waals surface area contributed by atoms with Gasteiger partial charge in [-0.3, -0.25) is 14.5 Å². The van der Waals surface area contributed by atoms with Crippen molar-refractivity contribution < 1.29 is 4.79 Å². The van der Waals surface area contributed by atoms with Crippen LogP contribution in [0.25, 0.3) is 21.9 Å². The molecule has 0 bridgehead atoms. The molecule has 140 valence electrons. The van der Waals surface area contributed by atoms with Crippen molar-refractivity contribution in [3.63, 3.8) is 0 Å². The summed E-state index contributed by atoms with van der Waals surface area (Å²) in [4.78, 5) is 19.6. The molecule has 0 amide bonds. The van der Waals surface area contributed by atoms with E-state index < -0.39 is 0 Å². The number of likely N-dealkylation sites (tertiary alicyclic amines) is 1. The third-order valence-corrected chi connectivity index (χ3v) is 5.58. The van der Waals surface area contributed by atoms with Gasteiger partial charge in [-0.05, 0) is 49.9 Å². The lowest BCUT2D eigenvalue weighted by Crippen LogP contribution is -2.30. The van der Waals surface area contributed by atoms with E-state index in [9.17, 15) is 4.79 Å². The van der Waals surface area contributed by atoms with Crippen LogP contribution in [-0.4, -0.2) is 44.6 Å². The van der Waals surface area contributed by atoms with Crippen LogP contribution in [0.1, 0.15) is 26.0 Å². The summed E-state index contributed by atoms with van der Waals surface area (Å²) in [6.07, 6.45) is 7.14. The number of rotatable bonds is 5. The van der Waals surface area contributed by atoms with Gasteiger partial charge in [0.2, 0.25) is 0 Å². The molecule has 3 aromatic rings. The number of aryl methyl sites for hydroxylation is 1. The van der Waals surface area contributed by atoms with Gasteiger partial charge in [-0.2, -0.15) is 5.10 Å². The molecule has 1 saturated heterocycles. The van der Waals surface area contributed by atoms with Crippen LogP contribution in [0.5, 0.6) is 0 Å². The zero-order valence-electron chi connectivity index (χ0n) is 16.2. The molecule has 1 aliphatic heterocycles. The Labute approximate surface area is 160 Å². The van der Waals surface area contributed by atoms with E-state index in [1.165, 1.54) is 0 Å². The molecule has 0 N–H and O–H groups in total. The van der Waals surface area contributed by atoms with E-state index in [4.69, 9.17) is 0 Å². The van der Waals surface area contributed by atoms with E-state index in [2.05, 4.69) is 53.1 Å². The van der Waals surface area contributed by atoms with Crippen LogP contribution in [-0.2, 0) is 18.3 Å². The molecule has 0 aliphatic carbocycles. The molecule has 0 saturated carbocycles. The van der Waals surface area contributed by atoms with E-state index in [1.54, 1.807) is 4.68 Å². The van der Waals surface area contributed by atoms with Crippen LogP contribution in [0.3, 0.4) is 0 Å². The lowest BCUT2D eigenvalue weighted by atomic mass is 9.98. The lowest BCUT2D eigenvalue weighted by molar-refractivity contribution is -0.121. The number of carbonyl (C=O) groups is 1. The fourth-order valence-corrected chi connectivity index (χ4v) is 3.88. The highest BCUT2D eigenvalue weighted by Crippen LogP contribution is 2.25. The second-order valence-corrected chi connectivity index (χ2v) is 7.86. The highest BCUT2D eigenvalue weighted by molar-refractivity contribution is 5.88. The Morgan fingerprint density at radius 3 is 2.74 bits per heavy atom. The van der Waals surface area contributed by atoms with Gasteiger partial charge in [-0.1, -0.05) is 12.1 Å². The summed E-state index contributed by atoms with van der Waals surface area (Å²) in [7, 11) is 1.92. The van der Waals surface area contributed by atoms with Crippen molar-refractivity contribution in [1.29, 1.82) is 0 Å². The van der Waals surface area contributed by atoms with Gasteiger partial charge < -0.3 is 4.90 Å². The number of fused-ring (bicyclic) bond motifs is 1. The van der Waals surface area contributed by atoms with Crippen molar-refractivity contribution in [2.75, 3.05) is 13.1 Å². The molecule has 4 rings (SSSR count). The molecule has 1 aromatic carbocycles. The normalized spacial score (nSPS) is 17.9. The molecule has 5 heteroatoms. The van der Waals surface area contributed by atoms with E-state index in [-0.39, 0.29) is 5.92 Å². The standard InChI is InChI=1S/C22H26N4O/c1-15(2)26-7-6-18(14-26)22(27)10-21-9-19-8-16(4-5-17(19)11-23-21)20-12-24-25(3)13-20/h4-5,8-9,11-13,15,18H,6-7,10,14H2,1-3H3. The second-order valence-electron chi connectivity index (χ2n) is 7.86. The average Bonchev–Trinajstić information content (AvgIpc) is 3.30. The molecule has 2 aromatic heterocycles. The highest BCUT2D eigenvalue weighted by Gasteiger charge is 2.29. The Bertz CT molecular complexity index is 975. The van der Waals surface area contributed by atoms with Gasteiger partial charge in [0, 0.05) is 61.0 Å². The minimum Gasteiger partial charge on any atom is -0.300 e. The number of nitrogens with zero attached hydrogens (tertiary/aromatic N) is 4. The molecule has 5 nitrogen and oxygen atoms in total. The Morgan fingerprint density at radius 2 is 2.04 bits per heavy atom. The minimum atomic E-state index is 0.145. The zero-order chi connectivity index (χ0) is 19.0. The first-order valence-electron chi connectivity index (χ1n) is 9.64. The lowest BCUT2D eigenvalue weighted by Gasteiger charge is -2.19. The highest BCUT2D eigenvalue weighted by atomic mass is 16.1. The van der Waals surface area contributed by atoms with Crippen LogP contribution < -0.4 is 0 Å². The Hall–Kier alpha value is -2.53. The predicted molar refractivity (Wildman–Crippen MR) is 107 cm³/mol. The smallest absolute Gasteiger partial charge is 0.143 e. The maximum Gasteiger partial charge on any atom is 0.143 e. The minimum absolute atomic E-state index is 0.145. The first-order valence-corrected chi connectivity index (χ1v) is 9.64. The summed E-state index contributed by atoms with van der Waals surface area (Å²) in [5.74, 6) is 0.458. The van der Waals surface area contributed by atoms with Gasteiger partial charge in [-0.25, -0.2) is 0 Å². The molecule has 1 atom stereocenters. The van der Waals surface area contributed by atoms with Gasteiger partial charge in [0.15, 0.2) is 0 Å². The maximum atomic E-state index is 12.7. The second kappa shape index (κ2) is 7.24. The average molecular weight is 362 g/mol. The van der Waals surface area contributed by atoms with E-state index in [0.29, 0.717) is 18.2 Å². The van der Waals surface area contributed by atoms with Crippen molar-refractivity contribution in [2.45, 2.75) is 32.7 Å². The number of hydrogen-bond donors (Lipinski definition) is 0. The third-order valence-electron chi connectivity index (χ3n) is 5.58. The molecule has 1 fully saturated rings. The molecular formula is C22H26N4O. The zero-order valence-corrected chi connectivity index (χ0v) is 16.2. The Morgan fingerprint density at radius 1 is 1.19 bits per heavy atom. The summed E-state index contributed by atoms with van der Waals surface area (Å²) in [5.41, 5.74) is 3.08. The molecule has 27 heavy (non-hydrogen) atoms. The molecular weight excluding hydrogens is 336 g/mol. The van der Waals surface area contributed by atoms with Crippen LogP contribution in [0, 0.1) is 5.92 Å². The van der Waals surface area contributed by atoms with E-state index >= 15 is 0 Å². The van der Waals surface area contributed by atoms with Crippen molar-refractivity contribution >= 4 is 16.6 Å². The van der Waals surface area contributed by atoms with Crippen molar-refractivity contribution in [3.05, 3.63) is 48.5 Å². The fourth-order valence-electron chi connectivity index (χ4n) is 3.88. The van der Waals surface area contributed by atoms with Crippen molar-refractivity contribution in [1.82, 2.24) is 19.7 Å². The predicted octanol–water partition coefficient (Wildman–Crippen LogP) is 3.48. The maximum absolute atomic E-state index is 12.7. The number of carbonyl (C=O) groups excluding carboxylic acids is 1. The Balaban J connectivity index is 1.53. The van der Waals surface area contributed by atoms with Gasteiger partial charge in [-0.15, -0.1) is 0 Å². The summed E-state index contributed by atoms with van der Waals surface area (Å²) >= 11 is 0. The molecule has 1 aliphatic rings. The summed E-state index contributed by atoms with van der Waals surface area (Å²) in [5, 5.41) is 6.45. The van der Waals surface area contributed by atoms with Gasteiger partial charge in [0.1, 0.15) is 5.78 Å². The number of ketones is 1. The van der Waals surface area contributed by atoms with E-state index in [1.807, 2.05) is 25.6 Å². The SMILES string of the molecule is CC(C)N1CCC(C(=O)Cc2cc3cc(-c4cnn(C)c4)ccc3cn2)C1. The summed E-state index contributed by atoms with van der Waals surface area (Å²) in [6, 6.07) is 8.88. The molecule has 0 spiro atoms. The molecule has 1 unspecified atom stereocenters. The molecule has 0 radical (unpaired) electrons. The Kier molecular flexibility index (Phi) is 4.79. The number of benzene rings is 1. The number of aromatic nitrogens is 3. The first-order chi connectivity index (χ1) is 13.0. The van der Waals surface area contributed by atoms with Crippen LogP contribution in [0.2, 0.25) is 0 Å². The number of Topliss-reactive ketones (excluding diaryl/α,β-unsaturated/α-hetero) is 1. The van der Waals surface area contributed by atoms with Crippen LogP contribution >= 0.6 is 0 Å². The van der Waals surface area contributed by atoms with Gasteiger partial charge in [0.25, 0.3) is 0 Å². The third kappa shape index (κ3) is 3.78. The summed E-state index contributed by atoms with van der Waals surface area (Å²) in [6.45, 7) is 6.29. The quantitative estimate of drug-likeness (QED) is 0.697. The van der Waals surface area contributed by atoms with Crippen LogP contribution in [0.15, 0.2) is 42.9 Å². The van der Waals surface area contributed by atoms with Gasteiger partial charge >= 0.3 is 0 Å². The first kappa shape index (κ1) is 17.9. The molecule has 3 heterocycles. The number of pyridine rings is 1. The monoisotopic (exact) mass is 362 g/mol. The number of hydrogen-bond acceptors (Lipinski definition) is 4.